The number of amides is 1. The standard InChI is InChI=1S/C17H19N5OS/c23-16(11-24-17-19-13-7-3-4-8-14(13)20-17)21-15-9-10-18-22(15)12-5-1-2-6-12/h3-4,7-10,12H,1-2,5-6,11H2,(H,19,20)(H,21,23). The summed E-state index contributed by atoms with van der Waals surface area (Å²) >= 11 is 1.41. The molecule has 1 amide bonds. The van der Waals surface area contributed by atoms with E-state index >= 15 is 0 Å². The van der Waals surface area contributed by atoms with Gasteiger partial charge in [-0.1, -0.05) is 36.7 Å². The number of nitrogens with zero attached hydrogens (tertiary/aromatic N) is 3. The van der Waals surface area contributed by atoms with Gasteiger partial charge < -0.3 is 10.3 Å². The molecule has 0 unspecified atom stereocenters. The Morgan fingerprint density at radius 3 is 2.96 bits per heavy atom. The lowest BCUT2D eigenvalue weighted by Gasteiger charge is -2.14. The zero-order valence-electron chi connectivity index (χ0n) is 13.2. The van der Waals surface area contributed by atoms with Crippen molar-refractivity contribution in [2.24, 2.45) is 0 Å². The number of imidazole rings is 1. The average molecular weight is 341 g/mol. The highest BCUT2D eigenvalue weighted by molar-refractivity contribution is 7.99. The predicted octanol–water partition coefficient (Wildman–Crippen LogP) is 3.61. The second kappa shape index (κ2) is 6.68. The quantitative estimate of drug-likeness (QED) is 0.695. The summed E-state index contributed by atoms with van der Waals surface area (Å²) in [5.41, 5.74) is 1.90. The van der Waals surface area contributed by atoms with Gasteiger partial charge in [0.05, 0.1) is 29.0 Å². The van der Waals surface area contributed by atoms with E-state index in [4.69, 9.17) is 0 Å². The van der Waals surface area contributed by atoms with E-state index in [1.165, 1.54) is 24.6 Å². The van der Waals surface area contributed by atoms with E-state index in [0.29, 0.717) is 11.8 Å². The van der Waals surface area contributed by atoms with Crippen molar-refractivity contribution < 1.29 is 4.79 Å². The van der Waals surface area contributed by atoms with Crippen LogP contribution in [0.4, 0.5) is 5.82 Å². The summed E-state index contributed by atoms with van der Waals surface area (Å²) in [4.78, 5) is 19.9. The molecule has 7 heteroatoms. The summed E-state index contributed by atoms with van der Waals surface area (Å²) in [6.45, 7) is 0. The lowest BCUT2D eigenvalue weighted by atomic mass is 10.2. The molecule has 2 aromatic heterocycles. The maximum Gasteiger partial charge on any atom is 0.235 e. The lowest BCUT2D eigenvalue weighted by Crippen LogP contribution is -2.19. The van der Waals surface area contributed by atoms with Crippen LogP contribution in [0.25, 0.3) is 11.0 Å². The van der Waals surface area contributed by atoms with Gasteiger partial charge in [-0.2, -0.15) is 5.10 Å². The van der Waals surface area contributed by atoms with Gasteiger partial charge >= 0.3 is 0 Å². The Balaban J connectivity index is 1.37. The molecule has 124 valence electrons. The van der Waals surface area contributed by atoms with Gasteiger partial charge in [0, 0.05) is 6.07 Å². The number of aromatic nitrogens is 4. The number of para-hydroxylation sites is 2. The molecule has 24 heavy (non-hydrogen) atoms. The molecule has 2 heterocycles. The summed E-state index contributed by atoms with van der Waals surface area (Å²) in [7, 11) is 0. The van der Waals surface area contributed by atoms with Crippen LogP contribution in [0.15, 0.2) is 41.7 Å². The predicted molar refractivity (Wildman–Crippen MR) is 95.2 cm³/mol. The Labute approximate surface area is 144 Å². The Kier molecular flexibility index (Phi) is 4.25. The fourth-order valence-electron chi connectivity index (χ4n) is 3.16. The van der Waals surface area contributed by atoms with Crippen molar-refractivity contribution in [3.05, 3.63) is 36.5 Å². The molecular formula is C17H19N5OS. The van der Waals surface area contributed by atoms with Gasteiger partial charge in [-0.15, -0.1) is 0 Å². The van der Waals surface area contributed by atoms with Crippen LogP contribution < -0.4 is 5.32 Å². The highest BCUT2D eigenvalue weighted by Gasteiger charge is 2.20. The first-order chi connectivity index (χ1) is 11.8. The number of hydrogen-bond donors (Lipinski definition) is 2. The molecule has 0 spiro atoms. The van der Waals surface area contributed by atoms with E-state index in [1.807, 2.05) is 35.0 Å². The van der Waals surface area contributed by atoms with Crippen LogP contribution >= 0.6 is 11.8 Å². The highest BCUT2D eigenvalue weighted by Crippen LogP contribution is 2.31. The van der Waals surface area contributed by atoms with E-state index < -0.39 is 0 Å². The van der Waals surface area contributed by atoms with E-state index in [1.54, 1.807) is 6.20 Å². The minimum Gasteiger partial charge on any atom is -0.333 e. The molecule has 2 N–H and O–H groups in total. The van der Waals surface area contributed by atoms with Crippen molar-refractivity contribution in [2.75, 3.05) is 11.1 Å². The third-order valence-corrected chi connectivity index (χ3v) is 5.19. The van der Waals surface area contributed by atoms with E-state index in [2.05, 4.69) is 20.4 Å². The minimum absolute atomic E-state index is 0.0415. The van der Waals surface area contributed by atoms with Gasteiger partial charge in [-0.3, -0.25) is 4.79 Å². The third-order valence-electron chi connectivity index (χ3n) is 4.32. The smallest absolute Gasteiger partial charge is 0.235 e. The first-order valence-corrected chi connectivity index (χ1v) is 9.19. The summed E-state index contributed by atoms with van der Waals surface area (Å²) in [6, 6.07) is 10.1. The van der Waals surface area contributed by atoms with E-state index in [0.717, 1.165) is 34.8 Å². The summed E-state index contributed by atoms with van der Waals surface area (Å²) < 4.78 is 1.96. The number of nitrogens with one attached hydrogen (secondary N) is 2. The van der Waals surface area contributed by atoms with Gasteiger partial charge in [0.2, 0.25) is 5.91 Å². The number of H-pyrrole nitrogens is 1. The van der Waals surface area contributed by atoms with Crippen LogP contribution in [-0.4, -0.2) is 31.4 Å². The molecule has 6 nitrogen and oxygen atoms in total. The number of benzene rings is 1. The number of rotatable bonds is 5. The third kappa shape index (κ3) is 3.17. The maximum absolute atomic E-state index is 12.3. The van der Waals surface area contributed by atoms with Crippen molar-refractivity contribution in [1.29, 1.82) is 0 Å². The van der Waals surface area contributed by atoms with Crippen molar-refractivity contribution >= 4 is 34.5 Å². The topological polar surface area (TPSA) is 75.6 Å². The zero-order chi connectivity index (χ0) is 16.4. The molecular weight excluding hydrogens is 322 g/mol. The average Bonchev–Trinajstić information content (AvgIpc) is 3.32. The molecule has 0 radical (unpaired) electrons. The molecule has 0 atom stereocenters. The van der Waals surface area contributed by atoms with Crippen LogP contribution in [0.5, 0.6) is 0 Å². The molecule has 3 aromatic rings. The first kappa shape index (κ1) is 15.3. The summed E-state index contributed by atoms with van der Waals surface area (Å²) in [5.74, 6) is 1.06. The van der Waals surface area contributed by atoms with Crippen LogP contribution in [0, 0.1) is 0 Å². The summed E-state index contributed by atoms with van der Waals surface area (Å²) in [6.07, 6.45) is 6.50. The second-order valence-electron chi connectivity index (χ2n) is 6.00. The normalized spacial score (nSPS) is 15.2. The number of carbonyl (C=O) groups is 1. The second-order valence-corrected chi connectivity index (χ2v) is 6.96. The molecule has 1 fully saturated rings. The van der Waals surface area contributed by atoms with E-state index in [9.17, 15) is 4.79 Å². The largest absolute Gasteiger partial charge is 0.333 e. The van der Waals surface area contributed by atoms with Crippen molar-refractivity contribution in [2.45, 2.75) is 36.9 Å². The number of anilines is 1. The summed E-state index contributed by atoms with van der Waals surface area (Å²) in [5, 5.41) is 8.11. The van der Waals surface area contributed by atoms with Crippen LogP contribution in [-0.2, 0) is 4.79 Å². The number of aromatic amines is 1. The molecule has 0 saturated heterocycles. The minimum atomic E-state index is -0.0415. The SMILES string of the molecule is O=C(CSc1nc2ccccc2[nH]1)Nc1ccnn1C1CCCC1. The number of fused-ring (bicyclic) bond motifs is 1. The van der Waals surface area contributed by atoms with Crippen LogP contribution in [0.1, 0.15) is 31.7 Å². The van der Waals surface area contributed by atoms with Gasteiger partial charge in [0.1, 0.15) is 5.82 Å². The van der Waals surface area contributed by atoms with Gasteiger partial charge in [-0.25, -0.2) is 9.67 Å². The maximum atomic E-state index is 12.3. The molecule has 0 aliphatic heterocycles. The molecule has 1 aliphatic carbocycles. The lowest BCUT2D eigenvalue weighted by molar-refractivity contribution is -0.113. The fraction of sp³-hybridized carbons (Fsp3) is 0.353. The Morgan fingerprint density at radius 2 is 2.12 bits per heavy atom. The van der Waals surface area contributed by atoms with Gasteiger partial charge in [-0.05, 0) is 25.0 Å². The molecule has 1 aromatic carbocycles. The highest BCUT2D eigenvalue weighted by atomic mass is 32.2. The van der Waals surface area contributed by atoms with Gasteiger partial charge in [0.25, 0.3) is 0 Å². The Hall–Kier alpha value is -2.28. The molecule has 1 aliphatic rings. The molecule has 4 rings (SSSR count). The number of carbonyl (C=O) groups excluding carboxylic acids is 1. The molecule has 0 bridgehead atoms. The van der Waals surface area contributed by atoms with Crippen molar-refractivity contribution in [3.8, 4) is 0 Å². The monoisotopic (exact) mass is 341 g/mol. The number of hydrogen-bond acceptors (Lipinski definition) is 4. The Bertz CT molecular complexity index is 816. The molecule has 1 saturated carbocycles. The van der Waals surface area contributed by atoms with E-state index in [-0.39, 0.29) is 5.91 Å². The van der Waals surface area contributed by atoms with Gasteiger partial charge in [0.15, 0.2) is 5.16 Å². The van der Waals surface area contributed by atoms with Crippen molar-refractivity contribution in [3.63, 3.8) is 0 Å². The number of thioether (sulfide) groups is 1. The van der Waals surface area contributed by atoms with Crippen LogP contribution in [0.3, 0.4) is 0 Å². The van der Waals surface area contributed by atoms with Crippen LogP contribution in [0.2, 0.25) is 0 Å². The zero-order valence-corrected chi connectivity index (χ0v) is 14.1. The van der Waals surface area contributed by atoms with Crippen molar-refractivity contribution in [1.82, 2.24) is 19.7 Å². The fourth-order valence-corrected chi connectivity index (χ4v) is 3.85. The first-order valence-electron chi connectivity index (χ1n) is 8.20. The Morgan fingerprint density at radius 1 is 1.29 bits per heavy atom.